The molecular formula is C18H22N4S. The Morgan fingerprint density at radius 3 is 2.65 bits per heavy atom. The summed E-state index contributed by atoms with van der Waals surface area (Å²) in [6, 6.07) is 13.9. The monoisotopic (exact) mass is 326 g/mol. The molecule has 120 valence electrons. The minimum absolute atomic E-state index is 0.453. The minimum atomic E-state index is 0.453. The van der Waals surface area contributed by atoms with Gasteiger partial charge in [-0.25, -0.2) is 4.99 Å². The number of guanidine groups is 1. The van der Waals surface area contributed by atoms with Gasteiger partial charge in [0.25, 0.3) is 0 Å². The molecule has 2 aromatic rings. The predicted molar refractivity (Wildman–Crippen MR) is 96.7 cm³/mol. The van der Waals surface area contributed by atoms with Crippen LogP contribution in [0.5, 0.6) is 0 Å². The summed E-state index contributed by atoms with van der Waals surface area (Å²) < 4.78 is 0. The highest BCUT2D eigenvalue weighted by atomic mass is 32.1. The SMILES string of the molecule is CCNC(=NCc1ccc(C#N)cc1)NCC(C)c1cccs1. The highest BCUT2D eigenvalue weighted by molar-refractivity contribution is 7.10. The minimum Gasteiger partial charge on any atom is -0.357 e. The van der Waals surface area contributed by atoms with Gasteiger partial charge in [0.15, 0.2) is 5.96 Å². The van der Waals surface area contributed by atoms with E-state index in [-0.39, 0.29) is 0 Å². The van der Waals surface area contributed by atoms with Gasteiger partial charge in [0.1, 0.15) is 0 Å². The molecule has 0 saturated heterocycles. The molecule has 0 aliphatic rings. The van der Waals surface area contributed by atoms with Crippen molar-refractivity contribution in [2.75, 3.05) is 13.1 Å². The van der Waals surface area contributed by atoms with Crippen molar-refractivity contribution < 1.29 is 0 Å². The lowest BCUT2D eigenvalue weighted by Crippen LogP contribution is -2.39. The third kappa shape index (κ3) is 5.42. The van der Waals surface area contributed by atoms with E-state index in [0.717, 1.165) is 24.6 Å². The highest BCUT2D eigenvalue weighted by Gasteiger charge is 2.07. The molecule has 1 aromatic heterocycles. The van der Waals surface area contributed by atoms with E-state index >= 15 is 0 Å². The Bertz CT molecular complexity index is 653. The van der Waals surface area contributed by atoms with Crippen molar-refractivity contribution in [3.05, 3.63) is 57.8 Å². The first-order valence-corrected chi connectivity index (χ1v) is 8.65. The zero-order valence-electron chi connectivity index (χ0n) is 13.5. The summed E-state index contributed by atoms with van der Waals surface area (Å²) in [4.78, 5) is 5.98. The van der Waals surface area contributed by atoms with E-state index in [1.165, 1.54) is 4.88 Å². The van der Waals surface area contributed by atoms with Crippen LogP contribution in [0.2, 0.25) is 0 Å². The fourth-order valence-corrected chi connectivity index (χ4v) is 2.91. The van der Waals surface area contributed by atoms with E-state index in [2.05, 4.69) is 53.1 Å². The normalized spacial score (nSPS) is 12.5. The number of nitrogens with one attached hydrogen (secondary N) is 2. The molecule has 1 aromatic carbocycles. The Balaban J connectivity index is 1.92. The van der Waals surface area contributed by atoms with Crippen molar-refractivity contribution in [1.29, 1.82) is 5.26 Å². The van der Waals surface area contributed by atoms with Gasteiger partial charge in [0, 0.05) is 23.9 Å². The lowest BCUT2D eigenvalue weighted by Gasteiger charge is -2.15. The number of hydrogen-bond acceptors (Lipinski definition) is 3. The molecule has 4 nitrogen and oxygen atoms in total. The summed E-state index contributed by atoms with van der Waals surface area (Å²) >= 11 is 1.78. The van der Waals surface area contributed by atoms with Crippen molar-refractivity contribution in [3.63, 3.8) is 0 Å². The Morgan fingerprint density at radius 1 is 1.26 bits per heavy atom. The molecule has 23 heavy (non-hydrogen) atoms. The molecule has 0 radical (unpaired) electrons. The molecule has 0 aliphatic heterocycles. The van der Waals surface area contributed by atoms with Gasteiger partial charge in [-0.05, 0) is 36.1 Å². The predicted octanol–water partition coefficient (Wildman–Crippen LogP) is 3.48. The number of benzene rings is 1. The lowest BCUT2D eigenvalue weighted by atomic mass is 10.1. The van der Waals surface area contributed by atoms with E-state index in [4.69, 9.17) is 5.26 Å². The number of thiophene rings is 1. The van der Waals surface area contributed by atoms with E-state index in [0.29, 0.717) is 18.0 Å². The summed E-state index contributed by atoms with van der Waals surface area (Å²) in [5.74, 6) is 1.27. The molecule has 1 atom stereocenters. The summed E-state index contributed by atoms with van der Waals surface area (Å²) in [6.45, 7) is 6.53. The first kappa shape index (κ1) is 17.0. The first-order chi connectivity index (χ1) is 11.2. The summed E-state index contributed by atoms with van der Waals surface area (Å²) in [6.07, 6.45) is 0. The second-order valence-corrected chi connectivity index (χ2v) is 6.28. The van der Waals surface area contributed by atoms with Crippen molar-refractivity contribution in [1.82, 2.24) is 10.6 Å². The van der Waals surface area contributed by atoms with Crippen LogP contribution in [0.3, 0.4) is 0 Å². The van der Waals surface area contributed by atoms with Gasteiger partial charge in [-0.3, -0.25) is 0 Å². The van der Waals surface area contributed by atoms with Gasteiger partial charge in [-0.15, -0.1) is 11.3 Å². The zero-order valence-corrected chi connectivity index (χ0v) is 14.4. The zero-order chi connectivity index (χ0) is 16.5. The molecule has 0 aliphatic carbocycles. The van der Waals surface area contributed by atoms with Crippen molar-refractivity contribution in [2.45, 2.75) is 26.3 Å². The van der Waals surface area contributed by atoms with E-state index in [1.54, 1.807) is 11.3 Å². The van der Waals surface area contributed by atoms with Crippen LogP contribution in [-0.2, 0) is 6.54 Å². The lowest BCUT2D eigenvalue weighted by molar-refractivity contribution is 0.709. The average Bonchev–Trinajstić information content (AvgIpc) is 3.12. The van der Waals surface area contributed by atoms with Gasteiger partial charge in [0.05, 0.1) is 18.2 Å². The molecule has 2 N–H and O–H groups in total. The second-order valence-electron chi connectivity index (χ2n) is 5.30. The Labute approximate surface area is 141 Å². The molecule has 5 heteroatoms. The molecule has 0 bridgehead atoms. The summed E-state index contributed by atoms with van der Waals surface area (Å²) in [7, 11) is 0. The van der Waals surface area contributed by atoms with Gasteiger partial charge < -0.3 is 10.6 Å². The summed E-state index contributed by atoms with van der Waals surface area (Å²) in [5.41, 5.74) is 1.76. The van der Waals surface area contributed by atoms with Gasteiger partial charge >= 0.3 is 0 Å². The molecule has 0 spiro atoms. The topological polar surface area (TPSA) is 60.2 Å². The average molecular weight is 326 g/mol. The van der Waals surface area contributed by atoms with Gasteiger partial charge in [-0.1, -0.05) is 25.1 Å². The van der Waals surface area contributed by atoms with E-state index in [1.807, 2.05) is 24.3 Å². The second kappa shape index (κ2) is 8.96. The third-order valence-corrected chi connectivity index (χ3v) is 4.56. The maximum atomic E-state index is 8.82. The maximum absolute atomic E-state index is 8.82. The first-order valence-electron chi connectivity index (χ1n) is 7.77. The van der Waals surface area contributed by atoms with Crippen LogP contribution in [0.25, 0.3) is 0 Å². The number of nitriles is 1. The van der Waals surface area contributed by atoms with Crippen molar-refractivity contribution >= 4 is 17.3 Å². The maximum Gasteiger partial charge on any atom is 0.191 e. The highest BCUT2D eigenvalue weighted by Crippen LogP contribution is 2.19. The van der Waals surface area contributed by atoms with Gasteiger partial charge in [-0.2, -0.15) is 5.26 Å². The summed E-state index contributed by atoms with van der Waals surface area (Å²) in [5, 5.41) is 17.6. The van der Waals surface area contributed by atoms with Gasteiger partial charge in [0.2, 0.25) is 0 Å². The fourth-order valence-electron chi connectivity index (χ4n) is 2.12. The van der Waals surface area contributed by atoms with Crippen LogP contribution in [0.1, 0.15) is 35.8 Å². The Hall–Kier alpha value is -2.32. The Morgan fingerprint density at radius 2 is 2.04 bits per heavy atom. The van der Waals surface area contributed by atoms with Crippen molar-refractivity contribution in [3.8, 4) is 6.07 Å². The number of aliphatic imine (C=N–C) groups is 1. The molecule has 1 heterocycles. The van der Waals surface area contributed by atoms with Crippen LogP contribution in [0, 0.1) is 11.3 Å². The molecule has 0 amide bonds. The molecule has 0 fully saturated rings. The van der Waals surface area contributed by atoms with Crippen LogP contribution in [0.4, 0.5) is 0 Å². The number of rotatable bonds is 6. The molecule has 0 saturated carbocycles. The van der Waals surface area contributed by atoms with Crippen LogP contribution in [0.15, 0.2) is 46.8 Å². The smallest absolute Gasteiger partial charge is 0.191 e. The van der Waals surface area contributed by atoms with E-state index < -0.39 is 0 Å². The third-order valence-electron chi connectivity index (χ3n) is 3.45. The quantitative estimate of drug-likeness (QED) is 0.631. The fraction of sp³-hybridized carbons (Fsp3) is 0.333. The van der Waals surface area contributed by atoms with Crippen molar-refractivity contribution in [2.24, 2.45) is 4.99 Å². The standard InChI is InChI=1S/C18H22N4S/c1-3-20-18(21-12-14(2)17-5-4-10-23-17)22-13-16-8-6-15(11-19)7-9-16/h4-10,14H,3,12-13H2,1-2H3,(H2,20,21,22). The van der Waals surface area contributed by atoms with Crippen LogP contribution in [-0.4, -0.2) is 19.0 Å². The molecular weight excluding hydrogens is 304 g/mol. The Kier molecular flexibility index (Phi) is 6.64. The van der Waals surface area contributed by atoms with E-state index in [9.17, 15) is 0 Å². The van der Waals surface area contributed by atoms with Crippen LogP contribution < -0.4 is 10.6 Å². The largest absolute Gasteiger partial charge is 0.357 e. The number of hydrogen-bond donors (Lipinski definition) is 2. The number of nitrogens with zero attached hydrogens (tertiary/aromatic N) is 2. The van der Waals surface area contributed by atoms with Crippen LogP contribution >= 0.6 is 11.3 Å². The molecule has 2 rings (SSSR count). The molecule has 1 unspecified atom stereocenters.